The predicted octanol–water partition coefficient (Wildman–Crippen LogP) is 1.92. The minimum Gasteiger partial charge on any atom is -0.389 e. The molecular formula is C15H17NO3S. The molecule has 2 N–H and O–H groups in total. The first-order chi connectivity index (χ1) is 9.48. The highest BCUT2D eigenvalue weighted by Gasteiger charge is 2.45. The molecule has 0 aromatic heterocycles. The summed E-state index contributed by atoms with van der Waals surface area (Å²) in [5.41, 5.74) is 1.07. The molecule has 0 heterocycles. The fourth-order valence-corrected chi connectivity index (χ4v) is 2.71. The van der Waals surface area contributed by atoms with E-state index >= 15 is 0 Å². The summed E-state index contributed by atoms with van der Waals surface area (Å²) in [4.78, 5) is 10.9. The lowest BCUT2D eigenvalue weighted by Gasteiger charge is -2.18. The number of carbonyl (C=O) groups is 1. The summed E-state index contributed by atoms with van der Waals surface area (Å²) in [6.45, 7) is 1.42. The number of hydrogen-bond donors (Lipinski definition) is 2. The van der Waals surface area contributed by atoms with E-state index < -0.39 is 17.6 Å². The number of hydrogen-bond acceptors (Lipinski definition) is 5. The van der Waals surface area contributed by atoms with Gasteiger partial charge in [0, 0.05) is 12.7 Å². The van der Waals surface area contributed by atoms with Gasteiger partial charge in [-0.05, 0) is 24.0 Å². The summed E-state index contributed by atoms with van der Waals surface area (Å²) < 4.78 is 0. The minimum absolute atomic E-state index is 0.0913. The Labute approximate surface area is 122 Å². The van der Waals surface area contributed by atoms with Gasteiger partial charge in [0.15, 0.2) is 5.12 Å². The second-order valence-electron chi connectivity index (χ2n) is 5.13. The maximum atomic E-state index is 10.9. The quantitative estimate of drug-likeness (QED) is 0.866. The van der Waals surface area contributed by atoms with Crippen molar-refractivity contribution in [2.75, 3.05) is 5.75 Å². The van der Waals surface area contributed by atoms with E-state index in [4.69, 9.17) is 0 Å². The van der Waals surface area contributed by atoms with Crippen LogP contribution in [0, 0.1) is 11.3 Å². The average molecular weight is 291 g/mol. The van der Waals surface area contributed by atoms with Crippen molar-refractivity contribution >= 4 is 16.9 Å². The molecule has 0 spiro atoms. The van der Waals surface area contributed by atoms with Gasteiger partial charge in [0.2, 0.25) is 0 Å². The molecule has 0 bridgehead atoms. The Hall–Kier alpha value is -1.35. The van der Waals surface area contributed by atoms with Gasteiger partial charge in [-0.2, -0.15) is 5.26 Å². The number of aliphatic hydroxyl groups excluding tert-OH is 2. The van der Waals surface area contributed by atoms with Crippen molar-refractivity contribution < 1.29 is 15.0 Å². The third-order valence-electron chi connectivity index (χ3n) is 3.57. The van der Waals surface area contributed by atoms with E-state index in [0.29, 0.717) is 5.56 Å². The molecule has 0 aliphatic heterocycles. The highest BCUT2D eigenvalue weighted by Crippen LogP contribution is 2.47. The molecular weight excluding hydrogens is 274 g/mol. The SMILES string of the molecule is CC(=O)SCC(O)C(O)c1cccc(C2(C#N)CC2)c1. The lowest BCUT2D eigenvalue weighted by Crippen LogP contribution is -2.21. The van der Waals surface area contributed by atoms with E-state index in [-0.39, 0.29) is 10.9 Å². The van der Waals surface area contributed by atoms with E-state index in [9.17, 15) is 20.3 Å². The summed E-state index contributed by atoms with van der Waals surface area (Å²) in [5.74, 6) is 0.157. The van der Waals surface area contributed by atoms with E-state index in [1.807, 2.05) is 6.07 Å². The van der Waals surface area contributed by atoms with Crippen molar-refractivity contribution in [3.05, 3.63) is 35.4 Å². The number of nitrogens with zero attached hydrogens (tertiary/aromatic N) is 1. The Morgan fingerprint density at radius 1 is 1.50 bits per heavy atom. The molecule has 20 heavy (non-hydrogen) atoms. The monoisotopic (exact) mass is 291 g/mol. The minimum atomic E-state index is -1.05. The van der Waals surface area contributed by atoms with Crippen molar-refractivity contribution in [1.82, 2.24) is 0 Å². The van der Waals surface area contributed by atoms with Crippen LogP contribution in [0.3, 0.4) is 0 Å². The molecule has 1 fully saturated rings. The zero-order chi connectivity index (χ0) is 14.8. The number of thioether (sulfide) groups is 1. The highest BCUT2D eigenvalue weighted by atomic mass is 32.2. The van der Waals surface area contributed by atoms with Gasteiger partial charge >= 0.3 is 0 Å². The molecule has 1 aliphatic rings. The van der Waals surface area contributed by atoms with E-state index in [2.05, 4.69) is 6.07 Å². The predicted molar refractivity (Wildman–Crippen MR) is 77.1 cm³/mol. The van der Waals surface area contributed by atoms with Crippen molar-refractivity contribution in [2.24, 2.45) is 0 Å². The summed E-state index contributed by atoms with van der Waals surface area (Å²) in [5, 5.41) is 29.1. The second-order valence-corrected chi connectivity index (χ2v) is 6.33. The van der Waals surface area contributed by atoms with Crippen LogP contribution in [0.1, 0.15) is 37.0 Å². The molecule has 2 atom stereocenters. The lowest BCUT2D eigenvalue weighted by molar-refractivity contribution is -0.109. The summed E-state index contributed by atoms with van der Waals surface area (Å²) in [7, 11) is 0. The van der Waals surface area contributed by atoms with Crippen LogP contribution in [0.25, 0.3) is 0 Å². The van der Waals surface area contributed by atoms with Gasteiger partial charge in [0.1, 0.15) is 6.10 Å². The Bertz CT molecular complexity index is 548. The third kappa shape index (κ3) is 3.21. The van der Waals surface area contributed by atoms with E-state index in [1.54, 1.807) is 18.2 Å². The number of aliphatic hydroxyl groups is 2. The zero-order valence-electron chi connectivity index (χ0n) is 11.2. The van der Waals surface area contributed by atoms with E-state index in [0.717, 1.165) is 30.2 Å². The molecule has 1 saturated carbocycles. The first-order valence-corrected chi connectivity index (χ1v) is 7.48. The number of nitriles is 1. The largest absolute Gasteiger partial charge is 0.389 e. The molecule has 5 heteroatoms. The smallest absolute Gasteiger partial charge is 0.185 e. The second kappa shape index (κ2) is 5.96. The number of benzene rings is 1. The molecule has 2 rings (SSSR count). The highest BCUT2D eigenvalue weighted by molar-refractivity contribution is 8.13. The Morgan fingerprint density at radius 2 is 2.20 bits per heavy atom. The Morgan fingerprint density at radius 3 is 2.75 bits per heavy atom. The Kier molecular flexibility index (Phi) is 4.48. The fourth-order valence-electron chi connectivity index (χ4n) is 2.13. The van der Waals surface area contributed by atoms with Gasteiger partial charge in [-0.15, -0.1) is 0 Å². The van der Waals surface area contributed by atoms with Gasteiger partial charge in [-0.25, -0.2) is 0 Å². The van der Waals surface area contributed by atoms with Gasteiger partial charge in [-0.1, -0.05) is 36.0 Å². The lowest BCUT2D eigenvalue weighted by atomic mass is 9.93. The van der Waals surface area contributed by atoms with E-state index in [1.165, 1.54) is 6.92 Å². The molecule has 106 valence electrons. The number of carbonyl (C=O) groups excluding carboxylic acids is 1. The molecule has 2 unspecified atom stereocenters. The first-order valence-electron chi connectivity index (χ1n) is 6.50. The normalized spacial score (nSPS) is 18.9. The van der Waals surface area contributed by atoms with Crippen molar-refractivity contribution in [3.63, 3.8) is 0 Å². The molecule has 1 aromatic carbocycles. The van der Waals surface area contributed by atoms with Crippen LogP contribution in [0.15, 0.2) is 24.3 Å². The van der Waals surface area contributed by atoms with Crippen molar-refractivity contribution in [3.8, 4) is 6.07 Å². The van der Waals surface area contributed by atoms with Crippen molar-refractivity contribution in [1.29, 1.82) is 5.26 Å². The maximum Gasteiger partial charge on any atom is 0.185 e. The van der Waals surface area contributed by atoms with Gasteiger partial charge in [0.05, 0.1) is 17.6 Å². The van der Waals surface area contributed by atoms with Gasteiger partial charge in [0.25, 0.3) is 0 Å². The number of rotatable bonds is 5. The molecule has 0 amide bonds. The van der Waals surface area contributed by atoms with Gasteiger partial charge < -0.3 is 10.2 Å². The summed E-state index contributed by atoms with van der Waals surface area (Å²) >= 11 is 0.988. The van der Waals surface area contributed by atoms with Crippen LogP contribution in [0.2, 0.25) is 0 Å². The molecule has 4 nitrogen and oxygen atoms in total. The maximum absolute atomic E-state index is 10.9. The summed E-state index contributed by atoms with van der Waals surface area (Å²) in [6.07, 6.45) is -0.370. The van der Waals surface area contributed by atoms with Crippen LogP contribution >= 0.6 is 11.8 Å². The summed E-state index contributed by atoms with van der Waals surface area (Å²) in [6, 6.07) is 9.48. The molecule has 0 radical (unpaired) electrons. The Balaban J connectivity index is 2.11. The standard InChI is InChI=1S/C15H17NO3S/c1-10(17)20-8-13(18)14(19)11-3-2-4-12(7-11)15(9-16)5-6-15/h2-4,7,13-14,18-19H,5-6,8H2,1H3. The van der Waals surface area contributed by atoms with Crippen LogP contribution < -0.4 is 0 Å². The average Bonchev–Trinajstić information content (AvgIpc) is 3.25. The third-order valence-corrected chi connectivity index (χ3v) is 4.48. The van der Waals surface area contributed by atoms with Crippen LogP contribution in [-0.4, -0.2) is 27.2 Å². The topological polar surface area (TPSA) is 81.3 Å². The van der Waals surface area contributed by atoms with Crippen LogP contribution in [0.4, 0.5) is 0 Å². The van der Waals surface area contributed by atoms with Crippen molar-refractivity contribution in [2.45, 2.75) is 37.4 Å². The molecule has 1 aromatic rings. The van der Waals surface area contributed by atoms with Gasteiger partial charge in [-0.3, -0.25) is 4.79 Å². The fraction of sp³-hybridized carbons (Fsp3) is 0.467. The molecule has 0 saturated heterocycles. The zero-order valence-corrected chi connectivity index (χ0v) is 12.1. The van der Waals surface area contributed by atoms with Crippen LogP contribution in [0.5, 0.6) is 0 Å². The first kappa shape index (κ1) is 15.0. The van der Waals surface area contributed by atoms with Crippen LogP contribution in [-0.2, 0) is 10.2 Å². The molecule has 1 aliphatic carbocycles.